The number of carbonyl (C=O) groups excluding carboxylic acids is 2. The SMILES string of the molecule is CCOC(=O)C(=O)N1CCCC(C)(C)C1. The number of rotatable bonds is 1. The van der Waals surface area contributed by atoms with Crippen LogP contribution >= 0.6 is 0 Å². The Balaban J connectivity index is 2.56. The molecule has 1 heterocycles. The van der Waals surface area contributed by atoms with Crippen molar-refractivity contribution in [2.45, 2.75) is 33.6 Å². The molecular formula is C11H19NO3. The van der Waals surface area contributed by atoms with E-state index < -0.39 is 11.9 Å². The van der Waals surface area contributed by atoms with Crippen LogP contribution in [-0.4, -0.2) is 36.5 Å². The normalized spacial score (nSPS) is 19.8. The Kier molecular flexibility index (Phi) is 3.72. The van der Waals surface area contributed by atoms with Crippen LogP contribution in [0.2, 0.25) is 0 Å². The lowest BCUT2D eigenvalue weighted by atomic mass is 9.84. The summed E-state index contributed by atoms with van der Waals surface area (Å²) in [5.41, 5.74) is 0.112. The van der Waals surface area contributed by atoms with Gasteiger partial charge in [0, 0.05) is 13.1 Å². The zero-order valence-corrected chi connectivity index (χ0v) is 9.71. The Morgan fingerprint density at radius 1 is 1.40 bits per heavy atom. The molecule has 0 radical (unpaired) electrons. The summed E-state index contributed by atoms with van der Waals surface area (Å²) in [7, 11) is 0. The van der Waals surface area contributed by atoms with Gasteiger partial charge in [-0.1, -0.05) is 13.8 Å². The molecule has 0 bridgehead atoms. The smallest absolute Gasteiger partial charge is 0.397 e. The van der Waals surface area contributed by atoms with E-state index in [2.05, 4.69) is 13.8 Å². The van der Waals surface area contributed by atoms with Crippen molar-refractivity contribution in [3.05, 3.63) is 0 Å². The van der Waals surface area contributed by atoms with E-state index in [9.17, 15) is 9.59 Å². The number of hydrogen-bond acceptors (Lipinski definition) is 3. The molecule has 0 saturated carbocycles. The van der Waals surface area contributed by atoms with Crippen LogP contribution in [0.1, 0.15) is 33.6 Å². The van der Waals surface area contributed by atoms with Crippen LogP contribution in [-0.2, 0) is 14.3 Å². The standard InChI is InChI=1S/C11H19NO3/c1-4-15-10(14)9(13)12-7-5-6-11(2,3)8-12/h4-8H2,1-3H3. The number of hydrogen-bond donors (Lipinski definition) is 0. The van der Waals surface area contributed by atoms with Gasteiger partial charge in [0.05, 0.1) is 6.61 Å². The highest BCUT2D eigenvalue weighted by atomic mass is 16.5. The minimum Gasteiger partial charge on any atom is -0.459 e. The topological polar surface area (TPSA) is 46.6 Å². The van der Waals surface area contributed by atoms with E-state index in [4.69, 9.17) is 4.74 Å². The molecule has 0 aromatic heterocycles. The second kappa shape index (κ2) is 4.64. The maximum atomic E-state index is 11.6. The highest BCUT2D eigenvalue weighted by molar-refractivity contribution is 6.32. The van der Waals surface area contributed by atoms with Gasteiger partial charge in [-0.3, -0.25) is 4.79 Å². The lowest BCUT2D eigenvalue weighted by molar-refractivity contribution is -0.161. The van der Waals surface area contributed by atoms with Crippen molar-refractivity contribution in [3.8, 4) is 0 Å². The minimum absolute atomic E-state index is 0.112. The second-order valence-electron chi connectivity index (χ2n) is 4.71. The fraction of sp³-hybridized carbons (Fsp3) is 0.818. The third-order valence-electron chi connectivity index (χ3n) is 2.64. The largest absolute Gasteiger partial charge is 0.459 e. The number of esters is 1. The molecule has 1 amide bonds. The van der Waals surface area contributed by atoms with Gasteiger partial charge in [0.25, 0.3) is 0 Å². The molecule has 0 atom stereocenters. The molecule has 1 aliphatic rings. The number of likely N-dealkylation sites (tertiary alicyclic amines) is 1. The fourth-order valence-corrected chi connectivity index (χ4v) is 1.92. The Morgan fingerprint density at radius 3 is 2.60 bits per heavy atom. The van der Waals surface area contributed by atoms with Crippen molar-refractivity contribution in [2.75, 3.05) is 19.7 Å². The molecule has 1 rings (SSSR count). The molecule has 1 fully saturated rings. The number of carbonyl (C=O) groups is 2. The summed E-state index contributed by atoms with van der Waals surface area (Å²) in [5, 5.41) is 0. The van der Waals surface area contributed by atoms with Gasteiger partial charge in [0.1, 0.15) is 0 Å². The fourth-order valence-electron chi connectivity index (χ4n) is 1.92. The van der Waals surface area contributed by atoms with Gasteiger partial charge >= 0.3 is 11.9 Å². The first-order valence-electron chi connectivity index (χ1n) is 5.42. The first-order chi connectivity index (χ1) is 6.96. The van der Waals surface area contributed by atoms with E-state index in [1.165, 1.54) is 0 Å². The van der Waals surface area contributed by atoms with Gasteiger partial charge in [0.15, 0.2) is 0 Å². The van der Waals surface area contributed by atoms with Gasteiger partial charge in [-0.2, -0.15) is 0 Å². The van der Waals surface area contributed by atoms with Crippen molar-refractivity contribution in [1.82, 2.24) is 4.90 Å². The number of nitrogens with zero attached hydrogens (tertiary/aromatic N) is 1. The molecule has 4 heteroatoms. The molecular weight excluding hydrogens is 194 g/mol. The highest BCUT2D eigenvalue weighted by Gasteiger charge is 2.32. The predicted molar refractivity (Wildman–Crippen MR) is 56.2 cm³/mol. The molecule has 1 saturated heterocycles. The molecule has 1 aliphatic heterocycles. The van der Waals surface area contributed by atoms with E-state index in [1.807, 2.05) is 0 Å². The first kappa shape index (κ1) is 12.0. The van der Waals surface area contributed by atoms with Crippen LogP contribution in [0.4, 0.5) is 0 Å². The van der Waals surface area contributed by atoms with Gasteiger partial charge in [-0.05, 0) is 25.2 Å². The number of amides is 1. The average molecular weight is 213 g/mol. The highest BCUT2D eigenvalue weighted by Crippen LogP contribution is 2.28. The maximum absolute atomic E-state index is 11.6. The zero-order chi connectivity index (χ0) is 11.5. The van der Waals surface area contributed by atoms with Crippen molar-refractivity contribution in [3.63, 3.8) is 0 Å². The predicted octanol–water partition coefficient (Wildman–Crippen LogP) is 1.20. The second-order valence-corrected chi connectivity index (χ2v) is 4.71. The van der Waals surface area contributed by atoms with Crippen LogP contribution < -0.4 is 0 Å². The lowest BCUT2D eigenvalue weighted by Gasteiger charge is -2.37. The minimum atomic E-state index is -0.727. The third-order valence-corrected chi connectivity index (χ3v) is 2.64. The Morgan fingerprint density at radius 2 is 2.07 bits per heavy atom. The Labute approximate surface area is 90.6 Å². The molecule has 0 unspecified atom stereocenters. The summed E-state index contributed by atoms with van der Waals surface area (Å²) >= 11 is 0. The van der Waals surface area contributed by atoms with Crippen LogP contribution in [0.25, 0.3) is 0 Å². The maximum Gasteiger partial charge on any atom is 0.397 e. The summed E-state index contributed by atoms with van der Waals surface area (Å²) in [6.07, 6.45) is 2.05. The van der Waals surface area contributed by atoms with Crippen molar-refractivity contribution in [1.29, 1.82) is 0 Å². The van der Waals surface area contributed by atoms with Gasteiger partial charge < -0.3 is 9.64 Å². The van der Waals surface area contributed by atoms with E-state index >= 15 is 0 Å². The molecule has 15 heavy (non-hydrogen) atoms. The summed E-state index contributed by atoms with van der Waals surface area (Å²) < 4.78 is 4.69. The first-order valence-corrected chi connectivity index (χ1v) is 5.42. The average Bonchev–Trinajstić information content (AvgIpc) is 2.15. The number of ether oxygens (including phenoxy) is 1. The van der Waals surface area contributed by atoms with Gasteiger partial charge in [-0.25, -0.2) is 4.79 Å². The van der Waals surface area contributed by atoms with Crippen LogP contribution in [0.15, 0.2) is 0 Å². The lowest BCUT2D eigenvalue weighted by Crippen LogP contribution is -2.46. The Hall–Kier alpha value is -1.06. The number of piperidine rings is 1. The molecule has 0 N–H and O–H groups in total. The molecule has 0 aromatic rings. The van der Waals surface area contributed by atoms with Crippen molar-refractivity contribution in [2.24, 2.45) is 5.41 Å². The summed E-state index contributed by atoms with van der Waals surface area (Å²) in [5.74, 6) is -1.22. The van der Waals surface area contributed by atoms with Crippen LogP contribution in [0.5, 0.6) is 0 Å². The summed E-state index contributed by atoms with van der Waals surface area (Å²) in [6, 6.07) is 0. The molecule has 86 valence electrons. The van der Waals surface area contributed by atoms with Crippen LogP contribution in [0, 0.1) is 5.41 Å². The molecule has 4 nitrogen and oxygen atoms in total. The quantitative estimate of drug-likeness (QED) is 0.485. The van der Waals surface area contributed by atoms with E-state index in [-0.39, 0.29) is 12.0 Å². The van der Waals surface area contributed by atoms with Crippen molar-refractivity contribution < 1.29 is 14.3 Å². The summed E-state index contributed by atoms with van der Waals surface area (Å²) in [6.45, 7) is 7.48. The molecule has 0 spiro atoms. The van der Waals surface area contributed by atoms with Gasteiger partial charge in [0.2, 0.25) is 0 Å². The molecule has 0 aliphatic carbocycles. The molecule has 0 aromatic carbocycles. The van der Waals surface area contributed by atoms with Crippen LogP contribution in [0.3, 0.4) is 0 Å². The summed E-state index contributed by atoms with van der Waals surface area (Å²) in [4.78, 5) is 24.5. The van der Waals surface area contributed by atoms with E-state index in [0.29, 0.717) is 13.1 Å². The zero-order valence-electron chi connectivity index (χ0n) is 9.71. The van der Waals surface area contributed by atoms with Crippen molar-refractivity contribution >= 4 is 11.9 Å². The van der Waals surface area contributed by atoms with Gasteiger partial charge in [-0.15, -0.1) is 0 Å². The van der Waals surface area contributed by atoms with E-state index in [1.54, 1.807) is 11.8 Å². The Bertz CT molecular complexity index is 261. The monoisotopic (exact) mass is 213 g/mol. The van der Waals surface area contributed by atoms with E-state index in [0.717, 1.165) is 12.8 Å². The third kappa shape index (κ3) is 3.22.